The SMILES string of the molecule is C#CCOCCOCCOCCOCCOc1cc(C(=O)NCCNC(=O)O[C@@H]([C@@H]2OC(C(=O)O)=C[C@H](NC(=N)N)[C@H]2NC(C)=O)[C@H](O)CO)cc(C(=O)NCCNC(=O)O[C@@H]([C@@H]2OC(C(=O)O)=C[C@H](NC(=N)N)[C@H]2NC(C)=O)[C@H](O)CO)c1. The van der Waals surface area contributed by atoms with Crippen LogP contribution in [0.3, 0.4) is 0 Å². The lowest BCUT2D eigenvalue weighted by Crippen LogP contribution is -2.65. The highest BCUT2D eigenvalue weighted by atomic mass is 16.6. The van der Waals surface area contributed by atoms with Gasteiger partial charge in [0.1, 0.15) is 31.2 Å². The molecule has 35 nitrogen and oxygen atoms in total. The van der Waals surface area contributed by atoms with Gasteiger partial charge in [-0.3, -0.25) is 30.0 Å². The van der Waals surface area contributed by atoms with Gasteiger partial charge in [0.05, 0.1) is 83.6 Å². The van der Waals surface area contributed by atoms with E-state index in [9.17, 15) is 69.0 Å². The number of aliphatic hydroxyl groups excluding tert-OH is 4. The summed E-state index contributed by atoms with van der Waals surface area (Å²) in [6, 6.07) is -1.44. The van der Waals surface area contributed by atoms with E-state index in [-0.39, 0.29) is 82.7 Å². The van der Waals surface area contributed by atoms with E-state index >= 15 is 0 Å². The molecular formula is C49H72N12O23. The first-order chi connectivity index (χ1) is 40.0. The summed E-state index contributed by atoms with van der Waals surface area (Å²) in [6.07, 6.45) is -6.44. The molecule has 3 rings (SSSR count). The number of amides is 6. The van der Waals surface area contributed by atoms with Crippen LogP contribution < -0.4 is 58.7 Å². The molecule has 0 saturated heterocycles. The van der Waals surface area contributed by atoms with Gasteiger partial charge in [-0.05, 0) is 30.4 Å². The summed E-state index contributed by atoms with van der Waals surface area (Å²) in [7, 11) is 0. The second-order valence-corrected chi connectivity index (χ2v) is 17.8. The van der Waals surface area contributed by atoms with E-state index in [0.29, 0.717) is 19.8 Å². The fourth-order valence-electron chi connectivity index (χ4n) is 7.79. The fraction of sp³-hybridized carbons (Fsp3) is 0.551. The van der Waals surface area contributed by atoms with Crippen molar-refractivity contribution in [2.75, 3.05) is 98.9 Å². The minimum absolute atomic E-state index is 0.00896. The van der Waals surface area contributed by atoms with E-state index in [0.717, 1.165) is 26.0 Å². The third kappa shape index (κ3) is 24.4. The molecule has 0 saturated carbocycles. The van der Waals surface area contributed by atoms with Crippen molar-refractivity contribution in [3.8, 4) is 18.1 Å². The molecule has 0 spiro atoms. The number of aliphatic carboxylic acids is 2. The fourth-order valence-corrected chi connectivity index (χ4v) is 7.79. The number of carbonyl (C=O) groups excluding carboxylic acids is 6. The summed E-state index contributed by atoms with van der Waals surface area (Å²) >= 11 is 0. The van der Waals surface area contributed by atoms with E-state index < -0.39 is 145 Å². The maximum absolute atomic E-state index is 13.6. The monoisotopic (exact) mass is 1200 g/mol. The highest BCUT2D eigenvalue weighted by Gasteiger charge is 2.48. The molecule has 1 aromatic rings. The predicted molar refractivity (Wildman–Crippen MR) is 286 cm³/mol. The van der Waals surface area contributed by atoms with Gasteiger partial charge in [-0.25, -0.2) is 19.2 Å². The zero-order valence-electron chi connectivity index (χ0n) is 45.6. The first-order valence-corrected chi connectivity index (χ1v) is 25.5. The van der Waals surface area contributed by atoms with E-state index in [1.54, 1.807) is 0 Å². The van der Waals surface area contributed by atoms with Crippen molar-refractivity contribution in [1.29, 1.82) is 10.8 Å². The molecule has 10 atom stereocenters. The molecule has 35 heteroatoms. The van der Waals surface area contributed by atoms with Gasteiger partial charge < -0.3 is 127 Å². The third-order valence-corrected chi connectivity index (χ3v) is 11.3. The second-order valence-electron chi connectivity index (χ2n) is 17.8. The summed E-state index contributed by atoms with van der Waals surface area (Å²) in [6.45, 7) is 0.515. The Labute approximate surface area is 479 Å². The number of hydrogen-bond donors (Lipinski definition) is 18. The zero-order chi connectivity index (χ0) is 62.3. The van der Waals surface area contributed by atoms with Gasteiger partial charge >= 0.3 is 24.1 Å². The molecule has 2 heterocycles. The van der Waals surface area contributed by atoms with Crippen LogP contribution in [0.1, 0.15) is 34.6 Å². The Morgan fingerprint density at radius 3 is 1.31 bits per heavy atom. The number of carboxylic acids is 2. The number of aliphatic hydroxyl groups is 4. The molecule has 2 aliphatic rings. The van der Waals surface area contributed by atoms with Crippen LogP contribution in [0.5, 0.6) is 5.75 Å². The molecule has 84 heavy (non-hydrogen) atoms. The van der Waals surface area contributed by atoms with Crippen LogP contribution in [0.2, 0.25) is 0 Å². The van der Waals surface area contributed by atoms with Gasteiger partial charge in [-0.1, -0.05) is 5.92 Å². The van der Waals surface area contributed by atoms with E-state index in [1.165, 1.54) is 18.2 Å². The van der Waals surface area contributed by atoms with Crippen molar-refractivity contribution in [2.24, 2.45) is 11.5 Å². The lowest BCUT2D eigenvalue weighted by Gasteiger charge is -2.41. The quantitative estimate of drug-likeness (QED) is 0.0129. The van der Waals surface area contributed by atoms with E-state index in [2.05, 4.69) is 48.5 Å². The molecule has 0 unspecified atom stereocenters. The number of terminal acetylenes is 1. The third-order valence-electron chi connectivity index (χ3n) is 11.3. The Morgan fingerprint density at radius 2 is 0.964 bits per heavy atom. The number of carboxylic acid groups (broad SMARTS) is 2. The molecule has 466 valence electrons. The molecule has 0 radical (unpaired) electrons. The Hall–Kier alpha value is -8.76. The molecule has 6 amide bonds. The number of nitrogens with two attached hydrogens (primary N) is 2. The normalized spacial score (nSPS) is 19.3. The minimum atomic E-state index is -1.93. The number of nitrogens with one attached hydrogen (secondary N) is 10. The summed E-state index contributed by atoms with van der Waals surface area (Å²) < 4.78 is 49.0. The maximum atomic E-state index is 13.6. The Bertz CT molecular complexity index is 2390. The van der Waals surface area contributed by atoms with Crippen LogP contribution in [-0.4, -0.2) is 250 Å². The van der Waals surface area contributed by atoms with Crippen molar-refractivity contribution in [2.45, 2.75) is 74.6 Å². The van der Waals surface area contributed by atoms with E-state index in [1.807, 2.05) is 0 Å². The lowest BCUT2D eigenvalue weighted by atomic mass is 9.92. The van der Waals surface area contributed by atoms with Crippen LogP contribution in [0.15, 0.2) is 41.9 Å². The van der Waals surface area contributed by atoms with Gasteiger partial charge in [0.15, 0.2) is 36.3 Å². The first-order valence-electron chi connectivity index (χ1n) is 25.5. The molecule has 0 aliphatic carbocycles. The molecule has 2 aliphatic heterocycles. The van der Waals surface area contributed by atoms with Gasteiger partial charge in [-0.15, -0.1) is 6.42 Å². The molecule has 1 aromatic carbocycles. The topological polar surface area (TPSA) is 537 Å². The van der Waals surface area contributed by atoms with Crippen LogP contribution in [0.4, 0.5) is 9.59 Å². The standard InChI is InChI=1S/C49H72N12O23/c1-4-9-76-10-11-77-12-13-78-14-15-79-16-17-80-29-19-27(42(68)54-5-7-56-48(74)83-38(32(66)23-62)40-36(58-25(2)64)30(60-46(50)51)21-34(81-40)44(70)71)18-28(20-29)43(69)55-6-8-57-49(75)84-39(33(67)24-63)41-37(59-26(3)65)31(61-47(52)53)22-35(82-41)45(72)73/h1,18-22,30-33,36-41,62-63,66-67H,5-17,23-24H2,2-3H3,(H,54,68)(H,55,69)(H,56,74)(H,57,75)(H,58,64)(H,59,65)(H,70,71)(H,72,73)(H4,50,51,60)(H4,52,53,61)/t30-,31-,32+,33+,36+,37+,38+,39+,40+,41+/m0/s1. The number of ether oxygens (including phenoxy) is 9. The van der Waals surface area contributed by atoms with Crippen molar-refractivity contribution < 1.29 is 112 Å². The second kappa shape index (κ2) is 36.6. The van der Waals surface area contributed by atoms with Crippen LogP contribution in [0, 0.1) is 23.2 Å². The summed E-state index contributed by atoms with van der Waals surface area (Å²) in [5.74, 6) is -6.62. The smallest absolute Gasteiger partial charge is 0.407 e. The van der Waals surface area contributed by atoms with Gasteiger partial charge in [0.25, 0.3) is 11.8 Å². The van der Waals surface area contributed by atoms with Crippen LogP contribution in [0.25, 0.3) is 0 Å². The van der Waals surface area contributed by atoms with Gasteiger partial charge in [-0.2, -0.15) is 0 Å². The average molecular weight is 1200 g/mol. The lowest BCUT2D eigenvalue weighted by molar-refractivity contribution is -0.147. The Kier molecular flexibility index (Phi) is 30.3. The maximum Gasteiger partial charge on any atom is 0.407 e. The highest BCUT2D eigenvalue weighted by Crippen LogP contribution is 2.27. The molecule has 0 bridgehead atoms. The number of alkyl carbamates (subject to hydrolysis) is 2. The number of benzene rings is 1. The van der Waals surface area contributed by atoms with Crippen molar-refractivity contribution in [3.05, 3.63) is 53.0 Å². The number of guanidine groups is 2. The molecule has 0 fully saturated rings. The average Bonchev–Trinajstić information content (AvgIpc) is 3.31. The molecule has 20 N–H and O–H groups in total. The zero-order valence-corrected chi connectivity index (χ0v) is 45.6. The molecular weight excluding hydrogens is 1120 g/mol. The number of hydrogen-bond acceptors (Lipinski definition) is 23. The highest BCUT2D eigenvalue weighted by molar-refractivity contribution is 6.00. The van der Waals surface area contributed by atoms with Crippen LogP contribution >= 0.6 is 0 Å². The summed E-state index contributed by atoms with van der Waals surface area (Å²) in [5.41, 5.74) is 10.7. The number of carbonyl (C=O) groups is 8. The van der Waals surface area contributed by atoms with Gasteiger partial charge in [0.2, 0.25) is 23.3 Å². The number of rotatable bonds is 36. The van der Waals surface area contributed by atoms with Crippen molar-refractivity contribution >= 4 is 59.7 Å². The summed E-state index contributed by atoms with van der Waals surface area (Å²) in [5, 5.41) is 95.4. The van der Waals surface area contributed by atoms with Crippen LogP contribution in [-0.2, 0) is 57.1 Å². The largest absolute Gasteiger partial charge is 0.491 e. The Morgan fingerprint density at radius 1 is 0.595 bits per heavy atom. The Balaban J connectivity index is 1.72. The van der Waals surface area contributed by atoms with Crippen molar-refractivity contribution in [1.82, 2.24) is 42.5 Å². The predicted octanol–water partition coefficient (Wildman–Crippen LogP) is -6.43. The van der Waals surface area contributed by atoms with E-state index in [4.69, 9.17) is 71.3 Å². The molecule has 0 aromatic heterocycles. The van der Waals surface area contributed by atoms with Gasteiger partial charge in [0, 0.05) is 51.2 Å². The summed E-state index contributed by atoms with van der Waals surface area (Å²) in [4.78, 5) is 102. The first kappa shape index (κ1) is 69.5. The minimum Gasteiger partial charge on any atom is -0.491 e. The van der Waals surface area contributed by atoms with Crippen molar-refractivity contribution in [3.63, 3.8) is 0 Å².